The molecule has 14 heavy (non-hydrogen) atoms. The summed E-state index contributed by atoms with van der Waals surface area (Å²) in [4.78, 5) is 21.8. The predicted molar refractivity (Wildman–Crippen MR) is 44.3 cm³/mol. The molecule has 1 aliphatic carbocycles. The molecular weight excluding hydrogens is 188 g/mol. The van der Waals surface area contributed by atoms with Crippen molar-refractivity contribution in [2.75, 3.05) is 13.7 Å². The molecule has 2 aliphatic rings. The van der Waals surface area contributed by atoms with Gasteiger partial charge in [-0.1, -0.05) is 0 Å². The zero-order valence-electron chi connectivity index (χ0n) is 8.06. The highest BCUT2D eigenvalue weighted by Gasteiger charge is 2.65. The summed E-state index contributed by atoms with van der Waals surface area (Å²) in [6, 6.07) is 0. The molecule has 0 bridgehead atoms. The van der Waals surface area contributed by atoms with E-state index in [1.807, 2.05) is 0 Å². The molecule has 5 heteroatoms. The van der Waals surface area contributed by atoms with Crippen LogP contribution in [0.1, 0.15) is 6.92 Å². The number of rotatable bonds is 3. The first-order chi connectivity index (χ1) is 6.65. The van der Waals surface area contributed by atoms with Gasteiger partial charge in [-0.2, -0.15) is 0 Å². The van der Waals surface area contributed by atoms with Crippen LogP contribution in [0.15, 0.2) is 0 Å². The van der Waals surface area contributed by atoms with E-state index >= 15 is 0 Å². The SMILES string of the molecule is COC1OC(COC(C)=O)C2C(=O)C12. The third-order valence-electron chi connectivity index (χ3n) is 2.62. The van der Waals surface area contributed by atoms with Gasteiger partial charge in [0.1, 0.15) is 18.5 Å². The van der Waals surface area contributed by atoms with Crippen LogP contribution in [0.25, 0.3) is 0 Å². The number of Topliss-reactive ketones (excluding diaryl/α,β-unsaturated/α-hetero) is 1. The van der Waals surface area contributed by atoms with E-state index in [0.29, 0.717) is 0 Å². The summed E-state index contributed by atoms with van der Waals surface area (Å²) in [6.07, 6.45) is -0.769. The third kappa shape index (κ3) is 1.42. The van der Waals surface area contributed by atoms with Crippen LogP contribution in [-0.4, -0.2) is 37.9 Å². The lowest BCUT2D eigenvalue weighted by Gasteiger charge is -2.15. The Bertz CT molecular complexity index is 274. The minimum absolute atomic E-state index is 0.126. The number of carbonyl (C=O) groups is 2. The third-order valence-corrected chi connectivity index (χ3v) is 2.62. The molecule has 4 unspecified atom stereocenters. The van der Waals surface area contributed by atoms with Crippen LogP contribution in [0, 0.1) is 11.8 Å². The van der Waals surface area contributed by atoms with Crippen molar-refractivity contribution >= 4 is 11.8 Å². The first-order valence-electron chi connectivity index (χ1n) is 4.50. The largest absolute Gasteiger partial charge is 0.463 e. The topological polar surface area (TPSA) is 61.8 Å². The van der Waals surface area contributed by atoms with Crippen molar-refractivity contribution in [3.63, 3.8) is 0 Å². The van der Waals surface area contributed by atoms with Crippen molar-refractivity contribution in [1.29, 1.82) is 0 Å². The number of methoxy groups -OCH3 is 1. The van der Waals surface area contributed by atoms with E-state index in [2.05, 4.69) is 0 Å². The zero-order valence-corrected chi connectivity index (χ0v) is 8.06. The van der Waals surface area contributed by atoms with Gasteiger partial charge in [0.15, 0.2) is 6.29 Å². The second kappa shape index (κ2) is 3.33. The maximum Gasteiger partial charge on any atom is 0.302 e. The Labute approximate surface area is 81.3 Å². The maximum atomic E-state index is 11.2. The molecule has 0 spiro atoms. The lowest BCUT2D eigenvalue weighted by Crippen LogP contribution is -2.26. The Kier molecular flexibility index (Phi) is 2.28. The van der Waals surface area contributed by atoms with E-state index in [4.69, 9.17) is 14.2 Å². The fourth-order valence-corrected chi connectivity index (χ4v) is 1.88. The van der Waals surface area contributed by atoms with Gasteiger partial charge in [0.2, 0.25) is 0 Å². The van der Waals surface area contributed by atoms with Crippen LogP contribution in [0.5, 0.6) is 0 Å². The zero-order chi connectivity index (χ0) is 10.3. The Hall–Kier alpha value is -0.940. The fourth-order valence-electron chi connectivity index (χ4n) is 1.88. The molecule has 0 radical (unpaired) electrons. The molecule has 4 atom stereocenters. The molecule has 1 heterocycles. The summed E-state index contributed by atoms with van der Waals surface area (Å²) < 4.78 is 15.2. The lowest BCUT2D eigenvalue weighted by molar-refractivity contribution is -0.165. The molecule has 0 aromatic carbocycles. The van der Waals surface area contributed by atoms with Crippen LogP contribution in [0.2, 0.25) is 0 Å². The molecule has 0 N–H and O–H groups in total. The molecule has 2 fully saturated rings. The Balaban J connectivity index is 1.90. The summed E-state index contributed by atoms with van der Waals surface area (Å²) in [5.74, 6) is -0.473. The number of hydrogen-bond acceptors (Lipinski definition) is 5. The average Bonchev–Trinajstić information content (AvgIpc) is 2.65. The fraction of sp³-hybridized carbons (Fsp3) is 0.778. The summed E-state index contributed by atoms with van der Waals surface area (Å²) in [5, 5.41) is 0. The minimum atomic E-state index is -0.451. The van der Waals surface area contributed by atoms with Crippen molar-refractivity contribution in [3.05, 3.63) is 0 Å². The Morgan fingerprint density at radius 2 is 2.21 bits per heavy atom. The molecule has 0 amide bonds. The number of ketones is 1. The molecule has 1 saturated heterocycles. The van der Waals surface area contributed by atoms with E-state index in [-0.39, 0.29) is 36.3 Å². The first kappa shape index (κ1) is 9.61. The van der Waals surface area contributed by atoms with Crippen molar-refractivity contribution in [3.8, 4) is 0 Å². The second-order valence-corrected chi connectivity index (χ2v) is 3.54. The molecular formula is C9H12O5. The predicted octanol–water partition coefficient (Wildman–Crippen LogP) is -0.264. The smallest absolute Gasteiger partial charge is 0.302 e. The van der Waals surface area contributed by atoms with Gasteiger partial charge in [0.05, 0.1) is 11.8 Å². The van der Waals surface area contributed by atoms with Crippen LogP contribution in [0.3, 0.4) is 0 Å². The van der Waals surface area contributed by atoms with Crippen LogP contribution >= 0.6 is 0 Å². The van der Waals surface area contributed by atoms with E-state index in [1.165, 1.54) is 14.0 Å². The van der Waals surface area contributed by atoms with Gasteiger partial charge in [0.25, 0.3) is 0 Å². The van der Waals surface area contributed by atoms with Crippen molar-refractivity contribution in [2.24, 2.45) is 11.8 Å². The van der Waals surface area contributed by atoms with E-state index < -0.39 is 6.29 Å². The first-order valence-corrected chi connectivity index (χ1v) is 4.50. The van der Waals surface area contributed by atoms with Gasteiger partial charge in [-0.25, -0.2) is 0 Å². The van der Waals surface area contributed by atoms with Gasteiger partial charge >= 0.3 is 5.97 Å². The molecule has 1 aliphatic heterocycles. The Morgan fingerprint density at radius 1 is 1.50 bits per heavy atom. The number of fused-ring (bicyclic) bond motifs is 1. The summed E-state index contributed by atoms with van der Waals surface area (Å²) in [6.45, 7) is 1.47. The molecule has 78 valence electrons. The highest BCUT2D eigenvalue weighted by Crippen LogP contribution is 2.48. The van der Waals surface area contributed by atoms with Crippen molar-refractivity contribution in [1.82, 2.24) is 0 Å². The Morgan fingerprint density at radius 3 is 2.71 bits per heavy atom. The van der Waals surface area contributed by atoms with Crippen LogP contribution in [0.4, 0.5) is 0 Å². The average molecular weight is 200 g/mol. The molecule has 2 rings (SSSR count). The monoisotopic (exact) mass is 200 g/mol. The highest BCUT2D eigenvalue weighted by molar-refractivity contribution is 6.01. The molecule has 1 saturated carbocycles. The highest BCUT2D eigenvalue weighted by atomic mass is 16.7. The quantitative estimate of drug-likeness (QED) is 0.587. The number of carbonyl (C=O) groups excluding carboxylic acids is 2. The number of ether oxygens (including phenoxy) is 3. The van der Waals surface area contributed by atoms with E-state index in [1.54, 1.807) is 0 Å². The number of hydrogen-bond donors (Lipinski definition) is 0. The van der Waals surface area contributed by atoms with Crippen molar-refractivity contribution in [2.45, 2.75) is 19.3 Å². The normalized spacial score (nSPS) is 39.4. The molecule has 0 aromatic rings. The van der Waals surface area contributed by atoms with E-state index in [9.17, 15) is 9.59 Å². The lowest BCUT2D eigenvalue weighted by atomic mass is 10.2. The standard InChI is InChI=1S/C9H12O5/c1-4(10)13-3-5-6-7(8(6)11)9(12-2)14-5/h5-7,9H,3H2,1-2H3. The summed E-state index contributed by atoms with van der Waals surface area (Å²) in [7, 11) is 1.50. The van der Waals surface area contributed by atoms with Gasteiger partial charge in [-0.15, -0.1) is 0 Å². The summed E-state index contributed by atoms with van der Waals surface area (Å²) >= 11 is 0. The molecule has 5 nitrogen and oxygen atoms in total. The van der Waals surface area contributed by atoms with Crippen LogP contribution in [-0.2, 0) is 23.8 Å². The molecule has 0 aromatic heterocycles. The van der Waals surface area contributed by atoms with Gasteiger partial charge in [-0.05, 0) is 0 Å². The second-order valence-electron chi connectivity index (χ2n) is 3.54. The van der Waals surface area contributed by atoms with Crippen molar-refractivity contribution < 1.29 is 23.8 Å². The van der Waals surface area contributed by atoms with E-state index in [0.717, 1.165) is 0 Å². The minimum Gasteiger partial charge on any atom is -0.463 e. The van der Waals surface area contributed by atoms with Crippen LogP contribution < -0.4 is 0 Å². The van der Waals surface area contributed by atoms with Gasteiger partial charge < -0.3 is 14.2 Å². The van der Waals surface area contributed by atoms with Gasteiger partial charge in [0, 0.05) is 14.0 Å². The van der Waals surface area contributed by atoms with Gasteiger partial charge in [-0.3, -0.25) is 9.59 Å². The summed E-state index contributed by atoms with van der Waals surface area (Å²) in [5.41, 5.74) is 0. The number of esters is 1. The maximum absolute atomic E-state index is 11.2.